The summed E-state index contributed by atoms with van der Waals surface area (Å²) < 4.78 is 0. The zero-order chi connectivity index (χ0) is 11.1. The zero-order valence-electron chi connectivity index (χ0n) is 10.1. The monoisotopic (exact) mass is 183 g/mol. The van der Waals surface area contributed by atoms with E-state index in [4.69, 9.17) is 0 Å². The van der Waals surface area contributed by atoms with Gasteiger partial charge in [-0.25, -0.2) is 0 Å². The van der Waals surface area contributed by atoms with Crippen molar-refractivity contribution in [2.45, 2.75) is 41.0 Å². The van der Waals surface area contributed by atoms with Crippen LogP contribution in [0.2, 0.25) is 0 Å². The van der Waals surface area contributed by atoms with Crippen LogP contribution >= 0.6 is 0 Å². The van der Waals surface area contributed by atoms with Crippen LogP contribution < -0.4 is 5.32 Å². The van der Waals surface area contributed by atoms with Crippen molar-refractivity contribution in [3.8, 4) is 11.8 Å². The van der Waals surface area contributed by atoms with Gasteiger partial charge in [0.2, 0.25) is 0 Å². The first-order valence-corrected chi connectivity index (χ1v) is 5.06. The van der Waals surface area contributed by atoms with Crippen molar-refractivity contribution in [1.29, 1.82) is 0 Å². The van der Waals surface area contributed by atoms with E-state index in [1.54, 1.807) is 0 Å². The maximum atomic E-state index is 3.77. The van der Waals surface area contributed by atoms with Gasteiger partial charge in [0, 0.05) is 0 Å². The Hall–Kier alpha value is -0.740. The summed E-state index contributed by atoms with van der Waals surface area (Å²) in [5.41, 5.74) is 1.01. The fourth-order valence-corrected chi connectivity index (χ4v) is 0.515. The van der Waals surface area contributed by atoms with E-state index in [-0.39, 0.29) is 0 Å². The van der Waals surface area contributed by atoms with Crippen LogP contribution in [-0.2, 0) is 0 Å². The molecule has 0 aromatic heterocycles. The zero-order valence-corrected chi connectivity index (χ0v) is 10.1. The highest BCUT2D eigenvalue weighted by Crippen LogP contribution is 1.91. The molecule has 78 valence electrons. The SMILES string of the molecule is C=C(C#CC)CCNC.CC.CC. The van der Waals surface area contributed by atoms with E-state index < -0.39 is 0 Å². The summed E-state index contributed by atoms with van der Waals surface area (Å²) in [6, 6.07) is 0. The van der Waals surface area contributed by atoms with Crippen molar-refractivity contribution in [2.24, 2.45) is 0 Å². The predicted octanol–water partition coefficient (Wildman–Crippen LogP) is 3.23. The molecule has 0 rings (SSSR count). The van der Waals surface area contributed by atoms with Crippen LogP contribution in [0.3, 0.4) is 0 Å². The van der Waals surface area contributed by atoms with Crippen LogP contribution in [0.5, 0.6) is 0 Å². The summed E-state index contributed by atoms with van der Waals surface area (Å²) >= 11 is 0. The van der Waals surface area contributed by atoms with Crippen molar-refractivity contribution in [2.75, 3.05) is 13.6 Å². The Morgan fingerprint density at radius 3 is 2.00 bits per heavy atom. The highest BCUT2D eigenvalue weighted by Gasteiger charge is 1.84. The van der Waals surface area contributed by atoms with Crippen molar-refractivity contribution in [3.05, 3.63) is 12.2 Å². The normalized spacial score (nSPS) is 6.31. The molecule has 0 spiro atoms. The quantitative estimate of drug-likeness (QED) is 0.662. The molecule has 0 heterocycles. The van der Waals surface area contributed by atoms with Gasteiger partial charge in [0.05, 0.1) is 0 Å². The summed E-state index contributed by atoms with van der Waals surface area (Å²) in [4.78, 5) is 0. The van der Waals surface area contributed by atoms with E-state index in [9.17, 15) is 0 Å². The lowest BCUT2D eigenvalue weighted by molar-refractivity contribution is 0.798. The van der Waals surface area contributed by atoms with Crippen molar-refractivity contribution in [1.82, 2.24) is 5.32 Å². The Kier molecular flexibility index (Phi) is 31.4. The van der Waals surface area contributed by atoms with Gasteiger partial charge in [0.25, 0.3) is 0 Å². The molecule has 0 atom stereocenters. The summed E-state index contributed by atoms with van der Waals surface area (Å²) in [6.07, 6.45) is 0.956. The fourth-order valence-electron chi connectivity index (χ4n) is 0.515. The third kappa shape index (κ3) is 24.6. The van der Waals surface area contributed by atoms with Crippen LogP contribution in [-0.4, -0.2) is 13.6 Å². The van der Waals surface area contributed by atoms with E-state index in [0.29, 0.717) is 0 Å². The number of hydrogen-bond donors (Lipinski definition) is 1. The topological polar surface area (TPSA) is 12.0 Å². The number of hydrogen-bond acceptors (Lipinski definition) is 1. The molecule has 0 bridgehead atoms. The smallest absolute Gasteiger partial charge is 0.000527 e. The number of rotatable bonds is 3. The first-order chi connectivity index (χ1) is 6.31. The van der Waals surface area contributed by atoms with Gasteiger partial charge in [-0.05, 0) is 32.5 Å². The van der Waals surface area contributed by atoms with Gasteiger partial charge in [-0.1, -0.05) is 40.2 Å². The molecule has 0 amide bonds. The third-order valence-electron chi connectivity index (χ3n) is 0.979. The van der Waals surface area contributed by atoms with E-state index in [1.807, 2.05) is 41.7 Å². The Labute approximate surface area is 84.6 Å². The second-order valence-corrected chi connectivity index (χ2v) is 1.83. The van der Waals surface area contributed by atoms with Crippen LogP contribution in [0.25, 0.3) is 0 Å². The van der Waals surface area contributed by atoms with Crippen LogP contribution in [0.4, 0.5) is 0 Å². The second kappa shape index (κ2) is 22.5. The lowest BCUT2D eigenvalue weighted by Crippen LogP contribution is -2.07. The maximum absolute atomic E-state index is 3.77. The van der Waals surface area contributed by atoms with Crippen LogP contribution in [0, 0.1) is 11.8 Å². The summed E-state index contributed by atoms with van der Waals surface area (Å²) in [7, 11) is 1.92. The summed E-state index contributed by atoms with van der Waals surface area (Å²) in [6.45, 7) is 14.6. The van der Waals surface area contributed by atoms with Gasteiger partial charge in [0.1, 0.15) is 0 Å². The third-order valence-corrected chi connectivity index (χ3v) is 0.979. The van der Waals surface area contributed by atoms with Gasteiger partial charge >= 0.3 is 0 Å². The number of nitrogens with one attached hydrogen (secondary N) is 1. The van der Waals surface area contributed by atoms with Crippen molar-refractivity contribution in [3.63, 3.8) is 0 Å². The molecular weight excluding hydrogens is 158 g/mol. The van der Waals surface area contributed by atoms with Crippen LogP contribution in [0.1, 0.15) is 41.0 Å². The molecule has 1 N–H and O–H groups in total. The summed E-state index contributed by atoms with van der Waals surface area (Å²) in [5.74, 6) is 5.69. The molecule has 0 radical (unpaired) electrons. The summed E-state index contributed by atoms with van der Waals surface area (Å²) in [5, 5.41) is 3.03. The highest BCUT2D eigenvalue weighted by molar-refractivity contribution is 5.24. The molecule has 1 heteroatoms. The molecule has 0 saturated carbocycles. The predicted molar refractivity (Wildman–Crippen MR) is 63.8 cm³/mol. The molecule has 13 heavy (non-hydrogen) atoms. The molecule has 0 aliphatic rings. The van der Waals surface area contributed by atoms with E-state index in [1.165, 1.54) is 0 Å². The van der Waals surface area contributed by atoms with Gasteiger partial charge in [0.15, 0.2) is 0 Å². The van der Waals surface area contributed by atoms with E-state index >= 15 is 0 Å². The minimum Gasteiger partial charge on any atom is -0.319 e. The largest absolute Gasteiger partial charge is 0.319 e. The Morgan fingerprint density at radius 1 is 1.23 bits per heavy atom. The van der Waals surface area contributed by atoms with Gasteiger partial charge in [-0.15, -0.1) is 5.92 Å². The second-order valence-electron chi connectivity index (χ2n) is 1.83. The Balaban J connectivity index is -0.000000218. The fraction of sp³-hybridized carbons (Fsp3) is 0.667. The maximum Gasteiger partial charge on any atom is -0.000527 e. The average Bonchev–Trinajstić information content (AvgIpc) is 2.21. The van der Waals surface area contributed by atoms with E-state index in [2.05, 4.69) is 23.7 Å². The van der Waals surface area contributed by atoms with Crippen molar-refractivity contribution >= 4 is 0 Å². The lowest BCUT2D eigenvalue weighted by Gasteiger charge is -1.94. The van der Waals surface area contributed by atoms with Crippen LogP contribution in [0.15, 0.2) is 12.2 Å². The first kappa shape index (κ1) is 18.1. The molecule has 0 aliphatic heterocycles. The molecule has 0 aliphatic carbocycles. The molecular formula is C12H25N. The van der Waals surface area contributed by atoms with Crippen molar-refractivity contribution < 1.29 is 0 Å². The van der Waals surface area contributed by atoms with Gasteiger partial charge < -0.3 is 5.32 Å². The minimum atomic E-state index is 0.956. The molecule has 0 unspecified atom stereocenters. The first-order valence-electron chi connectivity index (χ1n) is 5.06. The lowest BCUT2D eigenvalue weighted by atomic mass is 10.2. The molecule has 0 saturated heterocycles. The molecule has 0 aromatic carbocycles. The van der Waals surface area contributed by atoms with Gasteiger partial charge in [-0.3, -0.25) is 0 Å². The molecule has 0 aromatic rings. The standard InChI is InChI=1S/C8H13N.2C2H6/c1-4-5-8(2)6-7-9-3;2*1-2/h9H,2,6-7H2,1,3H3;2*1-2H3. The van der Waals surface area contributed by atoms with E-state index in [0.717, 1.165) is 18.5 Å². The average molecular weight is 183 g/mol. The Morgan fingerprint density at radius 2 is 1.69 bits per heavy atom. The highest BCUT2D eigenvalue weighted by atomic mass is 14.8. The minimum absolute atomic E-state index is 0.956. The van der Waals surface area contributed by atoms with Gasteiger partial charge in [-0.2, -0.15) is 0 Å². The molecule has 0 fully saturated rings. The molecule has 1 nitrogen and oxygen atoms in total. The Bertz CT molecular complexity index is 137.